The van der Waals surface area contributed by atoms with Gasteiger partial charge in [0, 0.05) is 17.6 Å². The molecule has 0 aliphatic heterocycles. The van der Waals surface area contributed by atoms with Crippen LogP contribution in [0, 0.1) is 5.41 Å². The van der Waals surface area contributed by atoms with Crippen LogP contribution in [0.4, 0.5) is 0 Å². The molecule has 0 spiro atoms. The van der Waals surface area contributed by atoms with Gasteiger partial charge in [0.1, 0.15) is 0 Å². The second kappa shape index (κ2) is 6.40. The van der Waals surface area contributed by atoms with Crippen molar-refractivity contribution in [3.63, 3.8) is 0 Å². The molecule has 0 bridgehead atoms. The van der Waals surface area contributed by atoms with E-state index in [1.165, 1.54) is 37.7 Å². The zero-order chi connectivity index (χ0) is 13.0. The van der Waals surface area contributed by atoms with E-state index in [-0.39, 0.29) is 0 Å². The third kappa shape index (κ3) is 3.97. The number of nitrogens with one attached hydrogen (secondary N) is 1. The summed E-state index contributed by atoms with van der Waals surface area (Å²) in [6.45, 7) is 4.45. The Kier molecular flexibility index (Phi) is 5.11. The molecule has 1 aliphatic rings. The van der Waals surface area contributed by atoms with Gasteiger partial charge in [-0.2, -0.15) is 0 Å². The lowest BCUT2D eigenvalue weighted by molar-refractivity contribution is 0.207. The van der Waals surface area contributed by atoms with Crippen molar-refractivity contribution in [1.29, 1.82) is 0 Å². The van der Waals surface area contributed by atoms with Gasteiger partial charge in [-0.3, -0.25) is 0 Å². The Balaban J connectivity index is 1.82. The van der Waals surface area contributed by atoms with Gasteiger partial charge >= 0.3 is 0 Å². The Morgan fingerprint density at radius 3 is 2.67 bits per heavy atom. The topological polar surface area (TPSA) is 12.0 Å². The molecule has 1 N–H and O–H groups in total. The molecule has 1 saturated carbocycles. The van der Waals surface area contributed by atoms with Crippen molar-refractivity contribution in [2.45, 2.75) is 45.6 Å². The highest BCUT2D eigenvalue weighted by molar-refractivity contribution is 9.10. The molecule has 1 aromatic rings. The van der Waals surface area contributed by atoms with Crippen molar-refractivity contribution >= 4 is 27.5 Å². The van der Waals surface area contributed by atoms with Crippen LogP contribution in [0.5, 0.6) is 0 Å². The summed E-state index contributed by atoms with van der Waals surface area (Å²) >= 11 is 9.46. The fourth-order valence-corrected chi connectivity index (χ4v) is 3.28. The van der Waals surface area contributed by atoms with Crippen LogP contribution in [-0.2, 0) is 6.54 Å². The fraction of sp³-hybridized carbons (Fsp3) is 0.600. The Hall–Kier alpha value is -0.0500. The van der Waals surface area contributed by atoms with Gasteiger partial charge in [-0.1, -0.05) is 43.9 Å². The molecule has 1 nitrogen and oxygen atoms in total. The fourth-order valence-electron chi connectivity index (χ4n) is 2.74. The van der Waals surface area contributed by atoms with Gasteiger partial charge in [-0.15, -0.1) is 0 Å². The van der Waals surface area contributed by atoms with Gasteiger partial charge in [0.15, 0.2) is 0 Å². The quantitative estimate of drug-likeness (QED) is 0.803. The average Bonchev–Trinajstić information content (AvgIpc) is 2.34. The molecule has 0 atom stereocenters. The Morgan fingerprint density at radius 1 is 1.28 bits per heavy atom. The second-order valence-electron chi connectivity index (χ2n) is 5.72. The summed E-state index contributed by atoms with van der Waals surface area (Å²) in [6.07, 6.45) is 6.93. The van der Waals surface area contributed by atoms with Crippen molar-refractivity contribution in [2.24, 2.45) is 5.41 Å². The van der Waals surface area contributed by atoms with Crippen LogP contribution < -0.4 is 5.32 Å². The van der Waals surface area contributed by atoms with Gasteiger partial charge in [0.25, 0.3) is 0 Å². The lowest BCUT2D eigenvalue weighted by Gasteiger charge is -2.33. The minimum absolute atomic E-state index is 0.502. The second-order valence-corrected chi connectivity index (χ2v) is 6.98. The minimum atomic E-state index is 0.502. The molecule has 0 radical (unpaired) electrons. The summed E-state index contributed by atoms with van der Waals surface area (Å²) in [6, 6.07) is 6.13. The van der Waals surface area contributed by atoms with E-state index in [9.17, 15) is 0 Å². The first-order valence-electron chi connectivity index (χ1n) is 6.74. The largest absolute Gasteiger partial charge is 0.312 e. The summed E-state index contributed by atoms with van der Waals surface area (Å²) in [5, 5.41) is 4.37. The van der Waals surface area contributed by atoms with E-state index < -0.39 is 0 Å². The van der Waals surface area contributed by atoms with E-state index in [2.05, 4.69) is 40.3 Å². The van der Waals surface area contributed by atoms with Crippen molar-refractivity contribution in [1.82, 2.24) is 5.32 Å². The smallest absolute Gasteiger partial charge is 0.0548 e. The molecule has 18 heavy (non-hydrogen) atoms. The Morgan fingerprint density at radius 2 is 2.00 bits per heavy atom. The predicted octanol–water partition coefficient (Wildman–Crippen LogP) is 5.16. The highest BCUT2D eigenvalue weighted by Gasteiger charge is 2.25. The van der Waals surface area contributed by atoms with Crippen molar-refractivity contribution in [3.05, 3.63) is 33.3 Å². The van der Waals surface area contributed by atoms with E-state index in [1.54, 1.807) is 0 Å². The molecule has 1 fully saturated rings. The van der Waals surface area contributed by atoms with Crippen LogP contribution >= 0.6 is 27.5 Å². The highest BCUT2D eigenvalue weighted by atomic mass is 79.9. The number of hydrogen-bond acceptors (Lipinski definition) is 1. The molecule has 0 amide bonds. The van der Waals surface area contributed by atoms with Crippen LogP contribution in [0.3, 0.4) is 0 Å². The lowest BCUT2D eigenvalue weighted by atomic mass is 9.76. The standard InChI is InChI=1S/C15H21BrClN/c1-15(7-3-2-4-8-15)11-18-10-12-5-6-14(17)13(16)9-12/h5-6,9,18H,2-4,7-8,10-11H2,1H3. The molecule has 2 rings (SSSR count). The maximum atomic E-state index is 5.99. The maximum Gasteiger partial charge on any atom is 0.0548 e. The molecule has 0 unspecified atom stereocenters. The molecule has 0 saturated heterocycles. The molecule has 0 aromatic heterocycles. The zero-order valence-electron chi connectivity index (χ0n) is 10.9. The summed E-state index contributed by atoms with van der Waals surface area (Å²) in [5.74, 6) is 0. The van der Waals surface area contributed by atoms with E-state index in [1.807, 2.05) is 6.07 Å². The first kappa shape index (κ1) is 14.4. The predicted molar refractivity (Wildman–Crippen MR) is 82.1 cm³/mol. The van der Waals surface area contributed by atoms with E-state index in [4.69, 9.17) is 11.6 Å². The maximum absolute atomic E-state index is 5.99. The van der Waals surface area contributed by atoms with E-state index in [0.717, 1.165) is 22.6 Å². The van der Waals surface area contributed by atoms with Crippen molar-refractivity contribution < 1.29 is 0 Å². The highest BCUT2D eigenvalue weighted by Crippen LogP contribution is 2.35. The van der Waals surface area contributed by atoms with Crippen LogP contribution in [0.1, 0.15) is 44.6 Å². The average molecular weight is 331 g/mol. The van der Waals surface area contributed by atoms with Gasteiger partial charge in [0.2, 0.25) is 0 Å². The summed E-state index contributed by atoms with van der Waals surface area (Å²) in [7, 11) is 0. The zero-order valence-corrected chi connectivity index (χ0v) is 13.3. The summed E-state index contributed by atoms with van der Waals surface area (Å²) < 4.78 is 0.979. The molecule has 0 heterocycles. The third-order valence-electron chi connectivity index (χ3n) is 3.93. The number of rotatable bonds is 4. The molecular weight excluding hydrogens is 310 g/mol. The normalized spacial score (nSPS) is 18.8. The first-order chi connectivity index (χ1) is 8.59. The Labute approximate surface area is 123 Å². The van der Waals surface area contributed by atoms with Crippen LogP contribution in [0.2, 0.25) is 5.02 Å². The molecule has 1 aromatic carbocycles. The Bertz CT molecular complexity index is 399. The molecule has 100 valence electrons. The van der Waals surface area contributed by atoms with Gasteiger partial charge in [-0.25, -0.2) is 0 Å². The molecule has 3 heteroatoms. The van der Waals surface area contributed by atoms with Gasteiger partial charge in [0.05, 0.1) is 5.02 Å². The van der Waals surface area contributed by atoms with Crippen molar-refractivity contribution in [3.8, 4) is 0 Å². The van der Waals surface area contributed by atoms with E-state index >= 15 is 0 Å². The summed E-state index contributed by atoms with van der Waals surface area (Å²) in [4.78, 5) is 0. The van der Waals surface area contributed by atoms with Gasteiger partial charge in [-0.05, 0) is 51.9 Å². The lowest BCUT2D eigenvalue weighted by Crippen LogP contribution is -2.33. The molecule has 1 aliphatic carbocycles. The van der Waals surface area contributed by atoms with E-state index in [0.29, 0.717) is 5.41 Å². The van der Waals surface area contributed by atoms with Crippen LogP contribution in [0.15, 0.2) is 22.7 Å². The van der Waals surface area contributed by atoms with Crippen LogP contribution in [-0.4, -0.2) is 6.54 Å². The minimum Gasteiger partial charge on any atom is -0.312 e. The van der Waals surface area contributed by atoms with Crippen molar-refractivity contribution in [2.75, 3.05) is 6.54 Å². The van der Waals surface area contributed by atoms with Gasteiger partial charge < -0.3 is 5.32 Å². The molecular formula is C15H21BrClN. The number of hydrogen-bond donors (Lipinski definition) is 1. The third-order valence-corrected chi connectivity index (χ3v) is 5.14. The number of benzene rings is 1. The summed E-state index contributed by atoms with van der Waals surface area (Å²) in [5.41, 5.74) is 1.78. The SMILES string of the molecule is CC1(CNCc2ccc(Cl)c(Br)c2)CCCCC1. The van der Waals surface area contributed by atoms with Crippen LogP contribution in [0.25, 0.3) is 0 Å². The number of halogens is 2. The monoisotopic (exact) mass is 329 g/mol. The first-order valence-corrected chi connectivity index (χ1v) is 7.91.